The van der Waals surface area contributed by atoms with Gasteiger partial charge in [-0.3, -0.25) is 4.79 Å². The van der Waals surface area contributed by atoms with Gasteiger partial charge in [-0.1, -0.05) is 30.3 Å². The van der Waals surface area contributed by atoms with Gasteiger partial charge in [0.25, 0.3) is 5.91 Å². The molecule has 2 heterocycles. The Labute approximate surface area is 139 Å². The highest BCUT2D eigenvalue weighted by molar-refractivity contribution is 6.02. The Morgan fingerprint density at radius 1 is 1.17 bits per heavy atom. The zero-order chi connectivity index (χ0) is 16.9. The monoisotopic (exact) mass is 323 g/mol. The molecule has 7 nitrogen and oxygen atoms in total. The molecule has 7 heteroatoms. The number of hydrogen-bond acceptors (Lipinski definition) is 6. The van der Waals surface area contributed by atoms with Crippen molar-refractivity contribution in [3.05, 3.63) is 59.7 Å². The predicted molar refractivity (Wildman–Crippen MR) is 90.3 cm³/mol. The summed E-state index contributed by atoms with van der Waals surface area (Å²) < 4.78 is 4.90. The summed E-state index contributed by atoms with van der Waals surface area (Å²) >= 11 is 0. The number of aromatic nitrogens is 3. The molecule has 0 aliphatic carbocycles. The van der Waals surface area contributed by atoms with E-state index < -0.39 is 5.91 Å². The third-order valence-corrected chi connectivity index (χ3v) is 3.42. The average molecular weight is 323 g/mol. The van der Waals surface area contributed by atoms with Crippen molar-refractivity contribution < 1.29 is 9.32 Å². The number of nitrogens with one attached hydrogen (secondary N) is 2. The van der Waals surface area contributed by atoms with E-state index in [1.165, 1.54) is 18.0 Å². The fourth-order valence-electron chi connectivity index (χ4n) is 2.20. The number of carbonyl (C=O) groups is 1. The van der Waals surface area contributed by atoms with Gasteiger partial charge >= 0.3 is 0 Å². The van der Waals surface area contributed by atoms with Crippen LogP contribution >= 0.6 is 0 Å². The van der Waals surface area contributed by atoms with Crippen LogP contribution in [-0.4, -0.2) is 21.0 Å². The molecule has 0 spiro atoms. The third kappa shape index (κ3) is 3.57. The molecule has 0 aliphatic heterocycles. The van der Waals surface area contributed by atoms with Crippen LogP contribution in [0.2, 0.25) is 0 Å². The summed E-state index contributed by atoms with van der Waals surface area (Å²) in [6, 6.07) is 9.61. The first-order valence-corrected chi connectivity index (χ1v) is 7.57. The molecule has 0 saturated heterocycles. The van der Waals surface area contributed by atoms with Gasteiger partial charge < -0.3 is 15.2 Å². The van der Waals surface area contributed by atoms with Gasteiger partial charge in [0.2, 0.25) is 0 Å². The molecule has 0 saturated carbocycles. The maximum Gasteiger partial charge on any atom is 0.277 e. The lowest BCUT2D eigenvalue weighted by Crippen LogP contribution is -2.14. The molecule has 3 rings (SSSR count). The van der Waals surface area contributed by atoms with Gasteiger partial charge in [0.1, 0.15) is 17.3 Å². The van der Waals surface area contributed by atoms with E-state index in [-0.39, 0.29) is 5.69 Å². The van der Waals surface area contributed by atoms with Gasteiger partial charge in [0.05, 0.1) is 12.4 Å². The first-order chi connectivity index (χ1) is 11.7. The molecule has 0 fully saturated rings. The van der Waals surface area contributed by atoms with E-state index in [2.05, 4.69) is 38.7 Å². The predicted octanol–water partition coefficient (Wildman–Crippen LogP) is 3.33. The van der Waals surface area contributed by atoms with Crippen LogP contribution in [0.15, 0.2) is 47.2 Å². The van der Waals surface area contributed by atoms with Crippen molar-refractivity contribution in [2.24, 2.45) is 0 Å². The lowest BCUT2D eigenvalue weighted by atomic mass is 10.1. The molecular formula is C17H17N5O2. The molecular weight excluding hydrogens is 306 g/mol. The Bertz CT molecular complexity index is 842. The lowest BCUT2D eigenvalue weighted by Gasteiger charge is -2.10. The molecule has 0 aliphatic rings. The van der Waals surface area contributed by atoms with Crippen LogP contribution in [-0.2, 0) is 6.42 Å². The summed E-state index contributed by atoms with van der Waals surface area (Å²) in [5.74, 6) is 1.14. The van der Waals surface area contributed by atoms with Gasteiger partial charge in [-0.2, -0.15) is 0 Å². The van der Waals surface area contributed by atoms with E-state index in [0.29, 0.717) is 17.4 Å². The normalized spacial score (nSPS) is 10.4. The van der Waals surface area contributed by atoms with Crippen molar-refractivity contribution in [2.45, 2.75) is 20.3 Å². The van der Waals surface area contributed by atoms with Crippen molar-refractivity contribution in [3.8, 4) is 0 Å². The fourth-order valence-corrected chi connectivity index (χ4v) is 2.20. The second kappa shape index (κ2) is 6.91. The molecule has 3 aromatic rings. The lowest BCUT2D eigenvalue weighted by molar-refractivity contribution is 0.102. The van der Waals surface area contributed by atoms with Crippen LogP contribution in [0.4, 0.5) is 17.3 Å². The Hall–Kier alpha value is -3.22. The molecule has 2 N–H and O–H groups in total. The van der Waals surface area contributed by atoms with E-state index in [0.717, 1.165) is 12.1 Å². The Morgan fingerprint density at radius 3 is 2.67 bits per heavy atom. The van der Waals surface area contributed by atoms with E-state index in [9.17, 15) is 4.79 Å². The second-order valence-electron chi connectivity index (χ2n) is 5.20. The first kappa shape index (κ1) is 15.7. The maximum atomic E-state index is 12.1. The van der Waals surface area contributed by atoms with Gasteiger partial charge in [-0.15, -0.1) is 0 Å². The second-order valence-corrected chi connectivity index (χ2v) is 5.20. The minimum Gasteiger partial charge on any atom is -0.360 e. The van der Waals surface area contributed by atoms with Gasteiger partial charge in [0, 0.05) is 11.8 Å². The molecule has 1 amide bonds. The fraction of sp³-hybridized carbons (Fsp3) is 0.176. The SMILES string of the molecule is CCc1ccccc1Nc1cnc(C(=O)Nc2cc(C)on2)cn1. The molecule has 0 atom stereocenters. The van der Waals surface area contributed by atoms with Crippen molar-refractivity contribution in [1.29, 1.82) is 0 Å². The van der Waals surface area contributed by atoms with Gasteiger partial charge in [0.15, 0.2) is 5.82 Å². The summed E-state index contributed by atoms with van der Waals surface area (Å²) in [6.45, 7) is 3.84. The molecule has 24 heavy (non-hydrogen) atoms. The van der Waals surface area contributed by atoms with Crippen LogP contribution in [0.5, 0.6) is 0 Å². The average Bonchev–Trinajstić information content (AvgIpc) is 3.01. The van der Waals surface area contributed by atoms with Crippen molar-refractivity contribution in [1.82, 2.24) is 15.1 Å². The minimum absolute atomic E-state index is 0.199. The number of para-hydroxylation sites is 1. The molecule has 1 aromatic carbocycles. The van der Waals surface area contributed by atoms with Crippen LogP contribution in [0.25, 0.3) is 0 Å². The van der Waals surface area contributed by atoms with E-state index in [1.807, 2.05) is 18.2 Å². The highest BCUT2D eigenvalue weighted by Gasteiger charge is 2.11. The Morgan fingerprint density at radius 2 is 2.00 bits per heavy atom. The summed E-state index contributed by atoms with van der Waals surface area (Å²) in [4.78, 5) is 20.5. The third-order valence-electron chi connectivity index (χ3n) is 3.42. The summed E-state index contributed by atoms with van der Waals surface area (Å²) in [5, 5.41) is 9.52. The number of carbonyl (C=O) groups excluding carboxylic acids is 1. The van der Waals surface area contributed by atoms with E-state index >= 15 is 0 Å². The zero-order valence-corrected chi connectivity index (χ0v) is 13.4. The van der Waals surface area contributed by atoms with E-state index in [4.69, 9.17) is 4.52 Å². The molecule has 122 valence electrons. The number of benzene rings is 1. The first-order valence-electron chi connectivity index (χ1n) is 7.57. The zero-order valence-electron chi connectivity index (χ0n) is 13.4. The van der Waals surface area contributed by atoms with Crippen molar-refractivity contribution in [3.63, 3.8) is 0 Å². The van der Waals surface area contributed by atoms with Crippen LogP contribution in [0, 0.1) is 6.92 Å². The highest BCUT2D eigenvalue weighted by atomic mass is 16.5. The summed E-state index contributed by atoms with van der Waals surface area (Å²) in [7, 11) is 0. The number of nitrogens with zero attached hydrogens (tertiary/aromatic N) is 3. The van der Waals surface area contributed by atoms with Gasteiger partial charge in [-0.25, -0.2) is 9.97 Å². The molecule has 0 bridgehead atoms. The molecule has 0 unspecified atom stereocenters. The maximum absolute atomic E-state index is 12.1. The largest absolute Gasteiger partial charge is 0.360 e. The van der Waals surface area contributed by atoms with Crippen LogP contribution < -0.4 is 10.6 Å². The summed E-state index contributed by atoms with van der Waals surface area (Å²) in [5.41, 5.74) is 2.36. The Balaban J connectivity index is 1.70. The van der Waals surface area contributed by atoms with Crippen LogP contribution in [0.1, 0.15) is 28.7 Å². The summed E-state index contributed by atoms with van der Waals surface area (Å²) in [6.07, 6.45) is 3.85. The standard InChI is InChI=1S/C17H17N5O2/c1-3-12-6-4-5-7-13(12)20-16-10-18-14(9-19-16)17(23)21-15-8-11(2)24-22-15/h4-10H,3H2,1-2H3,(H,19,20)(H,21,22,23). The number of hydrogen-bond donors (Lipinski definition) is 2. The number of anilines is 3. The number of amides is 1. The topological polar surface area (TPSA) is 92.9 Å². The van der Waals surface area contributed by atoms with Crippen LogP contribution in [0.3, 0.4) is 0 Å². The molecule has 2 aromatic heterocycles. The smallest absolute Gasteiger partial charge is 0.277 e. The van der Waals surface area contributed by atoms with Crippen molar-refractivity contribution >= 4 is 23.2 Å². The Kier molecular flexibility index (Phi) is 4.51. The molecule has 0 radical (unpaired) electrons. The van der Waals surface area contributed by atoms with Crippen molar-refractivity contribution in [2.75, 3.05) is 10.6 Å². The quantitative estimate of drug-likeness (QED) is 0.748. The number of rotatable bonds is 5. The van der Waals surface area contributed by atoms with Gasteiger partial charge in [-0.05, 0) is 25.0 Å². The number of aryl methyl sites for hydroxylation is 2. The minimum atomic E-state index is -0.392. The van der Waals surface area contributed by atoms with E-state index in [1.54, 1.807) is 13.0 Å². The highest BCUT2D eigenvalue weighted by Crippen LogP contribution is 2.19.